The SMILES string of the molecule is Cc1[c-]cc(F)cc1C(C)(C)O.[K+]. The molecular formula is C10H12FKO. The third kappa shape index (κ3) is 3.78. The van der Waals surface area contributed by atoms with E-state index in [4.69, 9.17) is 0 Å². The molecule has 13 heavy (non-hydrogen) atoms. The van der Waals surface area contributed by atoms with Crippen LogP contribution in [0.25, 0.3) is 0 Å². The Hall–Kier alpha value is 0.746. The molecule has 66 valence electrons. The van der Waals surface area contributed by atoms with Gasteiger partial charge in [-0.3, -0.25) is 4.39 Å². The van der Waals surface area contributed by atoms with Crippen molar-refractivity contribution < 1.29 is 60.9 Å². The van der Waals surface area contributed by atoms with Crippen LogP contribution in [0.2, 0.25) is 0 Å². The van der Waals surface area contributed by atoms with Crippen LogP contribution in [0, 0.1) is 18.8 Å². The van der Waals surface area contributed by atoms with Gasteiger partial charge in [0, 0.05) is 11.4 Å². The molecular weight excluding hydrogens is 194 g/mol. The van der Waals surface area contributed by atoms with Crippen LogP contribution in [0.15, 0.2) is 12.1 Å². The molecule has 1 aromatic rings. The van der Waals surface area contributed by atoms with Crippen LogP contribution in [-0.2, 0) is 5.60 Å². The van der Waals surface area contributed by atoms with Crippen LogP contribution in [0.1, 0.15) is 25.0 Å². The molecule has 0 amide bonds. The second kappa shape index (κ2) is 5.00. The second-order valence-corrected chi connectivity index (χ2v) is 3.42. The quantitative estimate of drug-likeness (QED) is 0.469. The fraction of sp³-hybridized carbons (Fsp3) is 0.400. The zero-order valence-electron chi connectivity index (χ0n) is 8.48. The summed E-state index contributed by atoms with van der Waals surface area (Å²) in [5.41, 5.74) is 0.370. The zero-order valence-corrected chi connectivity index (χ0v) is 11.6. The molecule has 1 nitrogen and oxygen atoms in total. The van der Waals surface area contributed by atoms with Crippen molar-refractivity contribution in [1.82, 2.24) is 0 Å². The fourth-order valence-corrected chi connectivity index (χ4v) is 1.18. The van der Waals surface area contributed by atoms with Gasteiger partial charge < -0.3 is 5.11 Å². The van der Waals surface area contributed by atoms with Gasteiger partial charge in [0.25, 0.3) is 0 Å². The van der Waals surface area contributed by atoms with E-state index in [0.29, 0.717) is 5.56 Å². The molecule has 0 atom stereocenters. The van der Waals surface area contributed by atoms with Crippen LogP contribution >= 0.6 is 0 Å². The number of hydrogen-bond donors (Lipinski definition) is 1. The van der Waals surface area contributed by atoms with Gasteiger partial charge in [0.2, 0.25) is 0 Å². The number of rotatable bonds is 1. The Labute approximate surface area is 121 Å². The van der Waals surface area contributed by atoms with E-state index in [1.807, 2.05) is 0 Å². The van der Waals surface area contributed by atoms with Crippen LogP contribution in [-0.4, -0.2) is 5.11 Å². The molecule has 1 aromatic carbocycles. The maximum Gasteiger partial charge on any atom is 1.00 e. The summed E-state index contributed by atoms with van der Waals surface area (Å²) in [4.78, 5) is 0. The number of aryl methyl sites for hydroxylation is 1. The summed E-state index contributed by atoms with van der Waals surface area (Å²) in [6.45, 7) is 5.05. The smallest absolute Gasteiger partial charge is 0.398 e. The minimum absolute atomic E-state index is 0. The Balaban J connectivity index is 0.00000144. The molecule has 0 aromatic heterocycles. The first kappa shape index (κ1) is 13.7. The first-order valence-electron chi connectivity index (χ1n) is 3.82. The number of halogens is 1. The van der Waals surface area contributed by atoms with E-state index in [1.165, 1.54) is 12.1 Å². The number of aliphatic hydroxyl groups is 1. The van der Waals surface area contributed by atoms with Gasteiger partial charge >= 0.3 is 51.4 Å². The normalized spacial score (nSPS) is 10.8. The van der Waals surface area contributed by atoms with Gasteiger partial charge in [-0.05, 0) is 13.8 Å². The Morgan fingerprint density at radius 3 is 2.38 bits per heavy atom. The molecule has 0 aliphatic carbocycles. The Morgan fingerprint density at radius 1 is 1.46 bits per heavy atom. The fourth-order valence-electron chi connectivity index (χ4n) is 1.18. The summed E-state index contributed by atoms with van der Waals surface area (Å²) in [5, 5.41) is 9.61. The van der Waals surface area contributed by atoms with Gasteiger partial charge in [0.1, 0.15) is 0 Å². The molecule has 1 N–H and O–H groups in total. The third-order valence-electron chi connectivity index (χ3n) is 1.77. The van der Waals surface area contributed by atoms with Crippen molar-refractivity contribution in [1.29, 1.82) is 0 Å². The van der Waals surface area contributed by atoms with Gasteiger partial charge in [-0.25, -0.2) is 0 Å². The van der Waals surface area contributed by atoms with E-state index in [2.05, 4.69) is 6.07 Å². The summed E-state index contributed by atoms with van der Waals surface area (Å²) in [6.07, 6.45) is 0. The van der Waals surface area contributed by atoms with E-state index in [1.54, 1.807) is 20.8 Å². The Kier molecular flexibility index (Phi) is 5.29. The second-order valence-electron chi connectivity index (χ2n) is 3.42. The van der Waals surface area contributed by atoms with Crippen LogP contribution in [0.4, 0.5) is 4.39 Å². The van der Waals surface area contributed by atoms with Crippen LogP contribution in [0.3, 0.4) is 0 Å². The average Bonchev–Trinajstić information content (AvgIpc) is 1.92. The maximum atomic E-state index is 12.7. The summed E-state index contributed by atoms with van der Waals surface area (Å²) in [5.74, 6) is -0.363. The van der Waals surface area contributed by atoms with Crippen LogP contribution < -0.4 is 51.4 Å². The number of benzene rings is 1. The summed E-state index contributed by atoms with van der Waals surface area (Å²) >= 11 is 0. The minimum atomic E-state index is -0.997. The monoisotopic (exact) mass is 206 g/mol. The van der Waals surface area contributed by atoms with Gasteiger partial charge in [-0.15, -0.1) is 17.7 Å². The predicted molar refractivity (Wildman–Crippen MR) is 45.2 cm³/mol. The molecule has 0 aliphatic rings. The van der Waals surface area contributed by atoms with E-state index in [0.717, 1.165) is 5.56 Å². The van der Waals surface area contributed by atoms with Gasteiger partial charge in [-0.2, -0.15) is 11.6 Å². The Morgan fingerprint density at radius 2 is 2.00 bits per heavy atom. The third-order valence-corrected chi connectivity index (χ3v) is 1.77. The van der Waals surface area contributed by atoms with E-state index < -0.39 is 5.60 Å². The molecule has 0 spiro atoms. The van der Waals surface area contributed by atoms with Crippen molar-refractivity contribution >= 4 is 0 Å². The molecule has 0 saturated heterocycles. The van der Waals surface area contributed by atoms with Crippen molar-refractivity contribution in [3.63, 3.8) is 0 Å². The molecule has 3 heteroatoms. The Bertz CT molecular complexity index is 291. The van der Waals surface area contributed by atoms with E-state index >= 15 is 0 Å². The summed E-state index contributed by atoms with van der Waals surface area (Å²) in [6, 6.07) is 5.35. The molecule has 0 fully saturated rings. The molecule has 1 rings (SSSR count). The van der Waals surface area contributed by atoms with Crippen molar-refractivity contribution in [2.45, 2.75) is 26.4 Å². The van der Waals surface area contributed by atoms with Crippen molar-refractivity contribution in [3.05, 3.63) is 35.1 Å². The van der Waals surface area contributed by atoms with Crippen molar-refractivity contribution in [3.8, 4) is 0 Å². The standard InChI is InChI=1S/C10H12FO.K/c1-7-4-5-8(11)6-9(7)10(2,3)12;/h5-6,12H,1-3H3;/q-1;+1. The van der Waals surface area contributed by atoms with Crippen LogP contribution in [0.5, 0.6) is 0 Å². The molecule has 0 unspecified atom stereocenters. The average molecular weight is 206 g/mol. The molecule has 0 saturated carbocycles. The summed E-state index contributed by atoms with van der Waals surface area (Å²) in [7, 11) is 0. The largest absolute Gasteiger partial charge is 1.00 e. The van der Waals surface area contributed by atoms with Gasteiger partial charge in [0.15, 0.2) is 0 Å². The molecule has 0 heterocycles. The topological polar surface area (TPSA) is 20.2 Å². The van der Waals surface area contributed by atoms with Gasteiger partial charge in [0.05, 0.1) is 0 Å². The predicted octanol–water partition coefficient (Wildman–Crippen LogP) is -0.834. The van der Waals surface area contributed by atoms with Crippen molar-refractivity contribution in [2.75, 3.05) is 0 Å². The first-order valence-corrected chi connectivity index (χ1v) is 3.82. The molecule has 0 aliphatic heterocycles. The van der Waals surface area contributed by atoms with Gasteiger partial charge in [-0.1, -0.05) is 6.92 Å². The van der Waals surface area contributed by atoms with E-state index in [-0.39, 0.29) is 57.2 Å². The maximum absolute atomic E-state index is 12.7. The zero-order chi connectivity index (χ0) is 9.35. The van der Waals surface area contributed by atoms with Crippen molar-refractivity contribution in [2.24, 2.45) is 0 Å². The molecule has 0 radical (unpaired) electrons. The molecule has 0 bridgehead atoms. The van der Waals surface area contributed by atoms with E-state index in [9.17, 15) is 9.50 Å². The first-order chi connectivity index (χ1) is 5.41. The summed E-state index contributed by atoms with van der Waals surface area (Å²) < 4.78 is 12.7. The number of hydrogen-bond acceptors (Lipinski definition) is 1. The minimum Gasteiger partial charge on any atom is -0.398 e.